The zero-order valence-corrected chi connectivity index (χ0v) is 22.5. The van der Waals surface area contributed by atoms with Crippen LogP contribution in [0.15, 0.2) is 53.5 Å². The Morgan fingerprint density at radius 2 is 1.77 bits per heavy atom. The van der Waals surface area contributed by atoms with E-state index in [1.807, 2.05) is 12.1 Å². The number of alkyl halides is 3. The molecule has 7 nitrogen and oxygen atoms in total. The lowest BCUT2D eigenvalue weighted by atomic mass is 9.89. The maximum absolute atomic E-state index is 14.0. The number of aliphatic hydroxyl groups is 1. The van der Waals surface area contributed by atoms with Crippen molar-refractivity contribution >= 4 is 45.6 Å². The number of pyridine rings is 1. The Kier molecular flexibility index (Phi) is 7.34. The third-order valence-electron chi connectivity index (χ3n) is 7.64. The van der Waals surface area contributed by atoms with Crippen LogP contribution in [-0.2, 0) is 17.4 Å². The molecule has 39 heavy (non-hydrogen) atoms. The summed E-state index contributed by atoms with van der Waals surface area (Å²) in [7, 11) is 1.67. The van der Waals surface area contributed by atoms with E-state index in [1.54, 1.807) is 19.3 Å². The molecule has 208 valence electrons. The molecule has 2 aliphatic heterocycles. The van der Waals surface area contributed by atoms with Gasteiger partial charge in [0.1, 0.15) is 0 Å². The molecule has 5 rings (SSSR count). The highest BCUT2D eigenvalue weighted by atomic mass is 35.5. The van der Waals surface area contributed by atoms with E-state index in [2.05, 4.69) is 10.2 Å². The molecule has 1 atom stereocenters. The van der Waals surface area contributed by atoms with Crippen molar-refractivity contribution in [2.24, 2.45) is 7.05 Å². The molecule has 2 aliphatic rings. The van der Waals surface area contributed by atoms with Crippen molar-refractivity contribution in [1.82, 2.24) is 14.4 Å². The van der Waals surface area contributed by atoms with E-state index in [4.69, 9.17) is 23.2 Å². The summed E-state index contributed by atoms with van der Waals surface area (Å²) in [5.74, 6) is -1.39. The second-order valence-electron chi connectivity index (χ2n) is 10.2. The van der Waals surface area contributed by atoms with Gasteiger partial charge < -0.3 is 19.9 Å². The summed E-state index contributed by atoms with van der Waals surface area (Å²) >= 11 is 12.2. The quantitative estimate of drug-likeness (QED) is 0.467. The molecule has 1 amide bonds. The first-order valence-corrected chi connectivity index (χ1v) is 13.3. The van der Waals surface area contributed by atoms with Crippen molar-refractivity contribution < 1.29 is 23.1 Å². The largest absolute Gasteiger partial charge is 0.430 e. The van der Waals surface area contributed by atoms with Gasteiger partial charge in [0.25, 0.3) is 17.1 Å². The number of anilines is 1. The van der Waals surface area contributed by atoms with Crippen LogP contribution < -0.4 is 10.9 Å². The molecular weight excluding hydrogens is 556 g/mol. The van der Waals surface area contributed by atoms with Gasteiger partial charge in [-0.2, -0.15) is 13.2 Å². The highest BCUT2D eigenvalue weighted by Gasteiger charge is 2.62. The summed E-state index contributed by atoms with van der Waals surface area (Å²) in [5, 5.41) is 15.7. The van der Waals surface area contributed by atoms with E-state index in [9.17, 15) is 27.9 Å². The minimum absolute atomic E-state index is 0.00199. The average Bonchev–Trinajstić information content (AvgIpc) is 2.86. The number of likely N-dealkylation sites (tertiary alicyclic amines) is 2. The molecule has 0 spiro atoms. The van der Waals surface area contributed by atoms with Crippen molar-refractivity contribution in [1.29, 1.82) is 0 Å². The lowest BCUT2D eigenvalue weighted by Crippen LogP contribution is -2.62. The SMILES string of the molecule is Cn1ccc2cc(NC3CN(C4CCN(C(=O)[C@@](O)(c5cccc(Cl)c5)C(F)(F)F)CC4)C3)cc(Cl)c2c1=O. The standard InChI is InChI=1S/C27H27Cl2F3N4O3/c1-34-8-5-16-11-19(13-22(29)23(16)24(34)37)33-20-14-36(15-20)21-6-9-35(10-7-21)25(38)26(39,27(30,31)32)17-3-2-4-18(28)12-17/h2-5,8,11-13,20-21,33,39H,6-7,9-10,14-15H2,1H3/t26-/m0/s1. The molecular formula is C27H27Cl2F3N4O3. The number of amides is 1. The van der Waals surface area contributed by atoms with E-state index < -0.39 is 23.2 Å². The molecule has 1 aromatic heterocycles. The minimum atomic E-state index is -5.21. The maximum Gasteiger partial charge on any atom is 0.430 e. The van der Waals surface area contributed by atoms with Crippen molar-refractivity contribution in [3.05, 3.63) is 74.6 Å². The summed E-state index contributed by atoms with van der Waals surface area (Å²) in [6.45, 7) is 1.65. The van der Waals surface area contributed by atoms with Crippen LogP contribution in [0.25, 0.3) is 10.8 Å². The first-order valence-electron chi connectivity index (χ1n) is 12.5. The van der Waals surface area contributed by atoms with Gasteiger partial charge in [-0.1, -0.05) is 35.3 Å². The van der Waals surface area contributed by atoms with Crippen LogP contribution in [-0.4, -0.2) is 69.8 Å². The molecule has 0 saturated carbocycles. The Morgan fingerprint density at radius 1 is 1.08 bits per heavy atom. The van der Waals surface area contributed by atoms with E-state index >= 15 is 0 Å². The summed E-state index contributed by atoms with van der Waals surface area (Å²) < 4.78 is 43.4. The number of halogens is 5. The van der Waals surface area contributed by atoms with Crippen LogP contribution in [0.5, 0.6) is 0 Å². The van der Waals surface area contributed by atoms with Crippen LogP contribution >= 0.6 is 23.2 Å². The number of benzene rings is 2. The fourth-order valence-corrected chi connectivity index (χ4v) is 5.92. The Balaban J connectivity index is 1.19. The number of aromatic nitrogens is 1. The van der Waals surface area contributed by atoms with Gasteiger partial charge in [-0.3, -0.25) is 14.5 Å². The molecule has 2 fully saturated rings. The number of hydrogen-bond acceptors (Lipinski definition) is 5. The van der Waals surface area contributed by atoms with Gasteiger partial charge in [0, 0.05) is 61.7 Å². The Hall–Kier alpha value is -2.79. The molecule has 2 N–H and O–H groups in total. The van der Waals surface area contributed by atoms with Crippen LogP contribution in [0.3, 0.4) is 0 Å². The van der Waals surface area contributed by atoms with E-state index in [0.717, 1.165) is 41.2 Å². The lowest BCUT2D eigenvalue weighted by Gasteiger charge is -2.48. The number of nitrogens with zero attached hydrogens (tertiary/aromatic N) is 3. The van der Waals surface area contributed by atoms with E-state index in [-0.39, 0.29) is 35.8 Å². The highest BCUT2D eigenvalue weighted by molar-refractivity contribution is 6.35. The Labute approximate surface area is 232 Å². The fraction of sp³-hybridized carbons (Fsp3) is 0.407. The molecule has 0 aliphatic carbocycles. The molecule has 0 radical (unpaired) electrons. The van der Waals surface area contributed by atoms with Gasteiger partial charge in [-0.15, -0.1) is 0 Å². The topological polar surface area (TPSA) is 77.8 Å². The summed E-state index contributed by atoms with van der Waals surface area (Å²) in [6, 6.07) is 10.4. The predicted octanol–water partition coefficient (Wildman–Crippen LogP) is 4.38. The third kappa shape index (κ3) is 5.11. The van der Waals surface area contributed by atoms with Gasteiger partial charge in [-0.25, -0.2) is 0 Å². The third-order valence-corrected chi connectivity index (χ3v) is 8.18. The molecule has 2 aromatic carbocycles. The maximum atomic E-state index is 14.0. The van der Waals surface area contributed by atoms with Gasteiger partial charge in [0.2, 0.25) is 0 Å². The monoisotopic (exact) mass is 582 g/mol. The average molecular weight is 583 g/mol. The van der Waals surface area contributed by atoms with Crippen molar-refractivity contribution in [2.45, 2.75) is 36.7 Å². The zero-order valence-electron chi connectivity index (χ0n) is 21.0. The summed E-state index contributed by atoms with van der Waals surface area (Å²) in [6.07, 6.45) is -2.53. The molecule has 0 bridgehead atoms. The van der Waals surface area contributed by atoms with Crippen LogP contribution in [0, 0.1) is 0 Å². The number of aryl methyl sites for hydroxylation is 1. The second-order valence-corrected chi connectivity index (χ2v) is 11.0. The molecule has 2 saturated heterocycles. The van der Waals surface area contributed by atoms with Crippen LogP contribution in [0.4, 0.5) is 18.9 Å². The van der Waals surface area contributed by atoms with Gasteiger partial charge in [0.05, 0.1) is 16.5 Å². The molecule has 3 aromatic rings. The van der Waals surface area contributed by atoms with E-state index in [1.165, 1.54) is 16.7 Å². The molecule has 12 heteroatoms. The number of rotatable bonds is 5. The number of fused-ring (bicyclic) bond motifs is 1. The number of carbonyl (C=O) groups excluding carboxylic acids is 1. The second kappa shape index (κ2) is 10.3. The van der Waals surface area contributed by atoms with Crippen LogP contribution in [0.2, 0.25) is 10.0 Å². The predicted molar refractivity (Wildman–Crippen MR) is 144 cm³/mol. The zero-order chi connectivity index (χ0) is 28.1. The van der Waals surface area contributed by atoms with Crippen molar-refractivity contribution in [3.63, 3.8) is 0 Å². The fourth-order valence-electron chi connectivity index (χ4n) is 5.43. The van der Waals surface area contributed by atoms with E-state index in [0.29, 0.717) is 23.3 Å². The number of hydrogen-bond donors (Lipinski definition) is 2. The normalized spacial score (nSPS) is 19.1. The van der Waals surface area contributed by atoms with Gasteiger partial charge >= 0.3 is 6.18 Å². The summed E-state index contributed by atoms with van der Waals surface area (Å²) in [5.41, 5.74) is -3.62. The van der Waals surface area contributed by atoms with Crippen molar-refractivity contribution in [2.75, 3.05) is 31.5 Å². The van der Waals surface area contributed by atoms with Gasteiger partial charge in [-0.05, 0) is 48.6 Å². The smallest absolute Gasteiger partial charge is 0.380 e. The van der Waals surface area contributed by atoms with Crippen molar-refractivity contribution in [3.8, 4) is 0 Å². The van der Waals surface area contributed by atoms with Crippen LogP contribution in [0.1, 0.15) is 18.4 Å². The first kappa shape index (κ1) is 27.8. The molecule has 0 unspecified atom stereocenters. The number of piperidine rings is 1. The summed E-state index contributed by atoms with van der Waals surface area (Å²) in [4.78, 5) is 28.7. The molecule has 3 heterocycles. The minimum Gasteiger partial charge on any atom is -0.380 e. The number of nitrogens with one attached hydrogen (secondary N) is 1. The Morgan fingerprint density at radius 3 is 2.41 bits per heavy atom. The highest BCUT2D eigenvalue weighted by Crippen LogP contribution is 2.42. The Bertz CT molecular complexity index is 1470. The lowest BCUT2D eigenvalue weighted by molar-refractivity contribution is -0.262. The first-order chi connectivity index (χ1) is 18.4. The number of carbonyl (C=O) groups is 1. The van der Waals surface area contributed by atoms with Gasteiger partial charge in [0.15, 0.2) is 0 Å².